The fourth-order valence-electron chi connectivity index (χ4n) is 7.36. The zero-order valence-electron chi connectivity index (χ0n) is 27.4. The summed E-state index contributed by atoms with van der Waals surface area (Å²) in [4.78, 5) is 31.6. The molecule has 9 nitrogen and oxygen atoms in total. The van der Waals surface area contributed by atoms with E-state index in [1.54, 1.807) is 24.1 Å². The van der Waals surface area contributed by atoms with Crippen LogP contribution in [0.4, 0.5) is 13.2 Å². The molecule has 1 amide bonds. The number of nitrogens with zero attached hydrogens (tertiary/aromatic N) is 2. The van der Waals surface area contributed by atoms with Crippen molar-refractivity contribution in [2.45, 2.75) is 96.1 Å². The van der Waals surface area contributed by atoms with E-state index in [9.17, 15) is 22.8 Å². The number of carboxylic acid groups (broad SMARTS) is 1. The average molecular weight is 662 g/mol. The van der Waals surface area contributed by atoms with E-state index in [4.69, 9.17) is 19.3 Å². The van der Waals surface area contributed by atoms with Crippen molar-refractivity contribution in [1.29, 1.82) is 0 Å². The van der Waals surface area contributed by atoms with E-state index >= 15 is 0 Å². The van der Waals surface area contributed by atoms with Crippen LogP contribution in [0, 0.1) is 11.3 Å². The number of carbonyl (C=O) groups excluding carboxylic acids is 1. The lowest BCUT2D eigenvalue weighted by Crippen LogP contribution is -2.52. The fraction of sp³-hybridized carbons (Fsp3) is 0.629. The number of fused-ring (bicyclic) bond motifs is 1. The molecule has 3 aliphatic rings. The van der Waals surface area contributed by atoms with Gasteiger partial charge in [-0.25, -0.2) is 4.79 Å². The van der Waals surface area contributed by atoms with Gasteiger partial charge in [-0.05, 0) is 80.7 Å². The number of carbonyl (C=O) groups is 2. The number of alkyl halides is 3. The van der Waals surface area contributed by atoms with Crippen molar-refractivity contribution < 1.29 is 42.1 Å². The summed E-state index contributed by atoms with van der Waals surface area (Å²) in [7, 11) is 1.68. The lowest BCUT2D eigenvalue weighted by molar-refractivity contribution is -0.146. The highest BCUT2D eigenvalue weighted by Gasteiger charge is 2.50. The first-order valence-corrected chi connectivity index (χ1v) is 16.6. The summed E-state index contributed by atoms with van der Waals surface area (Å²) >= 11 is 0. The molecule has 0 unspecified atom stereocenters. The molecule has 1 aliphatic carbocycles. The van der Waals surface area contributed by atoms with Crippen molar-refractivity contribution >= 4 is 11.9 Å². The fourth-order valence-corrected chi connectivity index (χ4v) is 7.36. The normalized spacial score (nSPS) is 24.7. The third kappa shape index (κ3) is 8.09. The van der Waals surface area contributed by atoms with Crippen LogP contribution in [0.2, 0.25) is 0 Å². The predicted molar refractivity (Wildman–Crippen MR) is 168 cm³/mol. The van der Waals surface area contributed by atoms with E-state index in [0.717, 1.165) is 19.3 Å². The number of carboxylic acids is 1. The van der Waals surface area contributed by atoms with Gasteiger partial charge >= 0.3 is 12.1 Å². The van der Waals surface area contributed by atoms with E-state index < -0.39 is 23.1 Å². The Morgan fingerprint density at radius 3 is 2.74 bits per heavy atom. The minimum Gasteiger partial charge on any atom is -0.494 e. The molecule has 2 aliphatic heterocycles. The first-order chi connectivity index (χ1) is 22.4. The number of amides is 1. The maximum absolute atomic E-state index is 14.3. The summed E-state index contributed by atoms with van der Waals surface area (Å²) in [5.41, 5.74) is -0.151. The van der Waals surface area contributed by atoms with Gasteiger partial charge in [-0.15, -0.1) is 0 Å². The number of hydrogen-bond donors (Lipinski definition) is 2. The monoisotopic (exact) mass is 661 g/mol. The van der Waals surface area contributed by atoms with Crippen LogP contribution in [-0.2, 0) is 39.8 Å². The summed E-state index contributed by atoms with van der Waals surface area (Å²) in [5, 5.41) is 12.9. The highest BCUT2D eigenvalue weighted by atomic mass is 19.4. The minimum atomic E-state index is -4.58. The number of aromatic carboxylic acids is 1. The second-order valence-electron chi connectivity index (χ2n) is 13.4. The molecule has 0 spiro atoms. The van der Waals surface area contributed by atoms with Gasteiger partial charge in [0, 0.05) is 51.0 Å². The van der Waals surface area contributed by atoms with Gasteiger partial charge in [0.25, 0.3) is 0 Å². The predicted octanol–water partition coefficient (Wildman–Crippen LogP) is 5.67. The number of halogens is 3. The molecule has 1 aromatic carbocycles. The van der Waals surface area contributed by atoms with Crippen LogP contribution in [0.3, 0.4) is 0 Å². The topological polar surface area (TPSA) is 110 Å². The molecule has 47 heavy (non-hydrogen) atoms. The van der Waals surface area contributed by atoms with Crippen LogP contribution in [0.15, 0.2) is 30.3 Å². The largest absolute Gasteiger partial charge is 0.494 e. The molecule has 1 saturated carbocycles. The zero-order chi connectivity index (χ0) is 33.8. The number of ether oxygens (including phenoxy) is 3. The van der Waals surface area contributed by atoms with Crippen LogP contribution < -0.4 is 10.1 Å². The molecule has 2 fully saturated rings. The highest BCUT2D eigenvalue weighted by Crippen LogP contribution is 2.47. The van der Waals surface area contributed by atoms with Crippen LogP contribution in [0.5, 0.6) is 5.75 Å². The number of methoxy groups -OCH3 is 1. The molecule has 4 atom stereocenters. The number of aromatic nitrogens is 1. The van der Waals surface area contributed by atoms with Gasteiger partial charge in [0.1, 0.15) is 5.75 Å². The molecule has 0 bridgehead atoms. The van der Waals surface area contributed by atoms with Gasteiger partial charge < -0.3 is 29.5 Å². The number of aryl methyl sites for hydroxylation is 1. The Hall–Kier alpha value is -3.22. The zero-order valence-corrected chi connectivity index (χ0v) is 27.4. The van der Waals surface area contributed by atoms with E-state index in [0.29, 0.717) is 62.4 Å². The Labute approximate surface area is 274 Å². The smallest absolute Gasteiger partial charge is 0.418 e. The molecule has 1 saturated heterocycles. The average Bonchev–Trinajstić information content (AvgIpc) is 3.48. The third-order valence-electron chi connectivity index (χ3n) is 10.1. The highest BCUT2D eigenvalue weighted by molar-refractivity contribution is 5.88. The van der Waals surface area contributed by atoms with Crippen LogP contribution >= 0.6 is 0 Å². The molecule has 0 radical (unpaired) electrons. The van der Waals surface area contributed by atoms with Crippen LogP contribution in [0.1, 0.15) is 85.2 Å². The number of pyridine rings is 1. The molecule has 258 valence electrons. The summed E-state index contributed by atoms with van der Waals surface area (Å²) in [5.74, 6) is -0.571. The van der Waals surface area contributed by atoms with Crippen molar-refractivity contribution in [3.8, 4) is 5.75 Å². The standard InChI is InChI=1S/C35H46F3N3O6/c1-22(2)34(13-10-25(19-34)39-30-12-16-46-21-31(30)45-3)33(44)41-14-11-28-24(20-41)18-27(35(36,37)38)29(40-28)9-4-5-15-47-26-8-6-7-23(17-26)32(42)43/h6-8,17-18,22,25,30-31,39H,4-5,9-16,19-21H2,1-3H3,(H,42,43)/t25-,30+,31-,34+/m1/s1. The Bertz CT molecular complexity index is 1420. The molecule has 2 aromatic rings. The minimum absolute atomic E-state index is 0.00902. The molecular weight excluding hydrogens is 615 g/mol. The van der Waals surface area contributed by atoms with Crippen molar-refractivity contribution in [2.24, 2.45) is 11.3 Å². The van der Waals surface area contributed by atoms with E-state index in [1.165, 1.54) is 18.2 Å². The van der Waals surface area contributed by atoms with E-state index in [1.807, 2.05) is 0 Å². The Morgan fingerprint density at radius 2 is 2.02 bits per heavy atom. The number of rotatable bonds is 12. The lowest BCUT2D eigenvalue weighted by atomic mass is 9.74. The van der Waals surface area contributed by atoms with Crippen LogP contribution in [0.25, 0.3) is 0 Å². The van der Waals surface area contributed by atoms with Crippen molar-refractivity contribution in [1.82, 2.24) is 15.2 Å². The molecule has 3 heterocycles. The maximum atomic E-state index is 14.3. The van der Waals surface area contributed by atoms with Gasteiger partial charge in [0.05, 0.1) is 41.6 Å². The molecule has 5 rings (SSSR count). The SMILES string of the molecule is CO[C@@H]1COCC[C@@H]1N[C@@H]1CC[C@@](C(=O)N2CCc3nc(CCCCOc4cccc(C(=O)O)c4)c(C(F)(F)F)cc3C2)(C(C)C)C1. The number of nitrogens with one attached hydrogen (secondary N) is 1. The first kappa shape index (κ1) is 35.1. The Balaban J connectivity index is 1.22. The molecule has 12 heteroatoms. The second kappa shape index (κ2) is 14.9. The summed E-state index contributed by atoms with van der Waals surface area (Å²) in [6, 6.07) is 7.60. The van der Waals surface area contributed by atoms with Gasteiger partial charge in [0.2, 0.25) is 5.91 Å². The Kier molecular flexibility index (Phi) is 11.1. The third-order valence-corrected chi connectivity index (χ3v) is 10.1. The van der Waals surface area contributed by atoms with Crippen molar-refractivity contribution in [2.75, 3.05) is 33.5 Å². The Morgan fingerprint density at radius 1 is 1.21 bits per heavy atom. The van der Waals surface area contributed by atoms with Gasteiger partial charge in [-0.2, -0.15) is 13.2 Å². The number of benzene rings is 1. The summed E-state index contributed by atoms with van der Waals surface area (Å²) in [6.45, 7) is 6.12. The summed E-state index contributed by atoms with van der Waals surface area (Å²) in [6.07, 6.45) is -0.0836. The first-order valence-electron chi connectivity index (χ1n) is 16.6. The molecular formula is C35H46F3N3O6. The van der Waals surface area contributed by atoms with Gasteiger partial charge in [-0.3, -0.25) is 9.78 Å². The lowest BCUT2D eigenvalue weighted by Gasteiger charge is -2.40. The molecule has 2 N–H and O–H groups in total. The summed E-state index contributed by atoms with van der Waals surface area (Å²) < 4.78 is 59.6. The number of hydrogen-bond acceptors (Lipinski definition) is 7. The van der Waals surface area contributed by atoms with Crippen LogP contribution in [-0.4, -0.2) is 78.5 Å². The van der Waals surface area contributed by atoms with E-state index in [2.05, 4.69) is 24.1 Å². The maximum Gasteiger partial charge on any atom is 0.418 e. The number of unbranched alkanes of at least 4 members (excludes halogenated alkanes) is 1. The molecule has 1 aromatic heterocycles. The van der Waals surface area contributed by atoms with Crippen molar-refractivity contribution in [3.05, 3.63) is 58.4 Å². The van der Waals surface area contributed by atoms with Gasteiger partial charge in [0.15, 0.2) is 0 Å². The second-order valence-corrected chi connectivity index (χ2v) is 13.4. The van der Waals surface area contributed by atoms with Crippen molar-refractivity contribution in [3.63, 3.8) is 0 Å². The quantitative estimate of drug-likeness (QED) is 0.280. The van der Waals surface area contributed by atoms with Gasteiger partial charge in [-0.1, -0.05) is 19.9 Å². The van der Waals surface area contributed by atoms with E-state index in [-0.39, 0.29) is 60.8 Å².